The Kier molecular flexibility index (Phi) is 5.17. The van der Waals surface area contributed by atoms with E-state index in [-0.39, 0.29) is 11.7 Å². The highest BCUT2D eigenvalue weighted by molar-refractivity contribution is 7.99. The first kappa shape index (κ1) is 17.7. The van der Waals surface area contributed by atoms with Crippen LogP contribution < -0.4 is 5.32 Å². The van der Waals surface area contributed by atoms with Gasteiger partial charge in [0.25, 0.3) is 5.22 Å². The molecular formula is C19H14FN3O2S2. The molecule has 4 aromatic rings. The molecule has 4 rings (SSSR count). The number of hydrogen-bond donors (Lipinski definition) is 1. The molecule has 0 atom stereocenters. The monoisotopic (exact) mass is 399 g/mol. The van der Waals surface area contributed by atoms with Gasteiger partial charge >= 0.3 is 0 Å². The first-order valence-corrected chi connectivity index (χ1v) is 10.0. The molecule has 136 valence electrons. The summed E-state index contributed by atoms with van der Waals surface area (Å²) < 4.78 is 18.6. The van der Waals surface area contributed by atoms with Crippen LogP contribution in [0.25, 0.3) is 22.4 Å². The minimum Gasteiger partial charge on any atom is -0.431 e. The highest BCUT2D eigenvalue weighted by Crippen LogP contribution is 2.26. The number of carbonyl (C=O) groups is 1. The van der Waals surface area contributed by atoms with Gasteiger partial charge in [-0.15, -0.1) is 11.3 Å². The molecule has 0 radical (unpaired) electrons. The topological polar surface area (TPSA) is 68.0 Å². The fourth-order valence-corrected chi connectivity index (χ4v) is 3.92. The van der Waals surface area contributed by atoms with Gasteiger partial charge in [-0.1, -0.05) is 23.9 Å². The first-order chi connectivity index (χ1) is 13.2. The summed E-state index contributed by atoms with van der Waals surface area (Å²) in [5.41, 5.74) is 3.05. The number of nitrogens with one attached hydrogen (secondary N) is 1. The van der Waals surface area contributed by atoms with Crippen LogP contribution in [0.5, 0.6) is 0 Å². The minimum atomic E-state index is -0.293. The summed E-state index contributed by atoms with van der Waals surface area (Å²) >= 11 is 2.73. The highest BCUT2D eigenvalue weighted by atomic mass is 32.2. The second-order valence-electron chi connectivity index (χ2n) is 5.64. The molecule has 1 amide bonds. The number of anilines is 1. The largest absolute Gasteiger partial charge is 0.431 e. The van der Waals surface area contributed by atoms with Crippen LogP contribution in [-0.4, -0.2) is 21.6 Å². The van der Waals surface area contributed by atoms with Crippen molar-refractivity contribution in [1.29, 1.82) is 0 Å². The van der Waals surface area contributed by atoms with Crippen LogP contribution in [0.3, 0.4) is 0 Å². The lowest BCUT2D eigenvalue weighted by Gasteiger charge is -2.00. The van der Waals surface area contributed by atoms with Crippen molar-refractivity contribution < 1.29 is 13.6 Å². The van der Waals surface area contributed by atoms with Crippen molar-refractivity contribution in [2.24, 2.45) is 0 Å². The SMILES string of the molecule is O=C(CCSc1nc2ccccc2o1)Nc1nc(-c2ccc(F)cc2)cs1. The Bertz CT molecular complexity index is 1040. The number of aromatic nitrogens is 2. The van der Waals surface area contributed by atoms with E-state index in [1.807, 2.05) is 29.6 Å². The lowest BCUT2D eigenvalue weighted by atomic mass is 10.2. The fourth-order valence-electron chi connectivity index (χ4n) is 2.41. The molecule has 0 spiro atoms. The molecule has 0 aliphatic heterocycles. The summed E-state index contributed by atoms with van der Waals surface area (Å²) in [5.74, 6) is 0.132. The van der Waals surface area contributed by atoms with Gasteiger partial charge in [0.1, 0.15) is 11.3 Å². The molecule has 1 N–H and O–H groups in total. The Morgan fingerprint density at radius 1 is 1.15 bits per heavy atom. The number of thiazole rings is 1. The Morgan fingerprint density at radius 2 is 1.96 bits per heavy atom. The number of halogens is 1. The van der Waals surface area contributed by atoms with Gasteiger partial charge in [0.05, 0.1) is 5.69 Å². The first-order valence-electron chi connectivity index (χ1n) is 8.17. The number of thioether (sulfide) groups is 1. The number of fused-ring (bicyclic) bond motifs is 1. The third-order valence-electron chi connectivity index (χ3n) is 3.72. The zero-order valence-corrected chi connectivity index (χ0v) is 15.6. The van der Waals surface area contributed by atoms with E-state index in [1.165, 1.54) is 35.2 Å². The molecule has 0 saturated heterocycles. The maximum atomic E-state index is 13.0. The van der Waals surface area contributed by atoms with E-state index < -0.39 is 0 Å². The quantitative estimate of drug-likeness (QED) is 0.451. The predicted octanol–water partition coefficient (Wildman–Crippen LogP) is 5.21. The second-order valence-corrected chi connectivity index (χ2v) is 7.54. The number of nitrogens with zero attached hydrogens (tertiary/aromatic N) is 2. The van der Waals surface area contributed by atoms with Crippen LogP contribution in [0.4, 0.5) is 9.52 Å². The van der Waals surface area contributed by atoms with E-state index in [0.29, 0.717) is 28.2 Å². The van der Waals surface area contributed by atoms with Gasteiger partial charge in [-0.2, -0.15) is 0 Å². The van der Waals surface area contributed by atoms with E-state index in [4.69, 9.17) is 4.42 Å². The summed E-state index contributed by atoms with van der Waals surface area (Å²) in [4.78, 5) is 20.8. The van der Waals surface area contributed by atoms with Crippen LogP contribution in [0.2, 0.25) is 0 Å². The average molecular weight is 399 g/mol. The Labute approximate surface area is 162 Å². The zero-order valence-electron chi connectivity index (χ0n) is 14.0. The molecule has 27 heavy (non-hydrogen) atoms. The second kappa shape index (κ2) is 7.89. The summed E-state index contributed by atoms with van der Waals surface area (Å²) in [6.45, 7) is 0. The van der Waals surface area contributed by atoms with Gasteiger partial charge in [0.2, 0.25) is 5.91 Å². The van der Waals surface area contributed by atoms with E-state index in [2.05, 4.69) is 15.3 Å². The average Bonchev–Trinajstić information content (AvgIpc) is 3.29. The van der Waals surface area contributed by atoms with Gasteiger partial charge < -0.3 is 9.73 Å². The lowest BCUT2D eigenvalue weighted by molar-refractivity contribution is -0.115. The number of amides is 1. The third-order valence-corrected chi connectivity index (χ3v) is 5.31. The number of rotatable bonds is 6. The van der Waals surface area contributed by atoms with Crippen LogP contribution in [0.1, 0.15) is 6.42 Å². The van der Waals surface area contributed by atoms with Gasteiger partial charge in [0.15, 0.2) is 10.7 Å². The molecule has 2 aromatic heterocycles. The molecule has 8 heteroatoms. The molecule has 0 unspecified atom stereocenters. The van der Waals surface area contributed by atoms with Crippen molar-refractivity contribution in [3.05, 3.63) is 59.7 Å². The van der Waals surface area contributed by atoms with E-state index in [9.17, 15) is 9.18 Å². The number of benzene rings is 2. The zero-order chi connectivity index (χ0) is 18.6. The maximum Gasteiger partial charge on any atom is 0.256 e. The van der Waals surface area contributed by atoms with E-state index >= 15 is 0 Å². The summed E-state index contributed by atoms with van der Waals surface area (Å²) in [6, 6.07) is 13.6. The van der Waals surface area contributed by atoms with Gasteiger partial charge in [-0.05, 0) is 36.4 Å². The molecule has 0 bridgehead atoms. The van der Waals surface area contributed by atoms with E-state index in [1.54, 1.807) is 12.1 Å². The molecule has 0 saturated carbocycles. The molecule has 5 nitrogen and oxygen atoms in total. The van der Waals surface area contributed by atoms with E-state index in [0.717, 1.165) is 16.7 Å². The normalized spacial score (nSPS) is 11.0. The van der Waals surface area contributed by atoms with Gasteiger partial charge in [-0.3, -0.25) is 4.79 Å². The van der Waals surface area contributed by atoms with Crippen LogP contribution in [-0.2, 0) is 4.79 Å². The van der Waals surface area contributed by atoms with Crippen molar-refractivity contribution >= 4 is 45.2 Å². The highest BCUT2D eigenvalue weighted by Gasteiger charge is 2.10. The molecular weight excluding hydrogens is 385 g/mol. The lowest BCUT2D eigenvalue weighted by Crippen LogP contribution is -2.11. The number of hydrogen-bond acceptors (Lipinski definition) is 6. The van der Waals surface area contributed by atoms with Crippen molar-refractivity contribution in [2.45, 2.75) is 11.6 Å². The van der Waals surface area contributed by atoms with Crippen molar-refractivity contribution in [1.82, 2.24) is 9.97 Å². The Hall–Kier alpha value is -2.71. The van der Waals surface area contributed by atoms with Crippen molar-refractivity contribution in [3.63, 3.8) is 0 Å². The summed E-state index contributed by atoms with van der Waals surface area (Å²) in [5, 5.41) is 5.69. The molecule has 0 aliphatic rings. The maximum absolute atomic E-state index is 13.0. The smallest absolute Gasteiger partial charge is 0.256 e. The van der Waals surface area contributed by atoms with Crippen LogP contribution >= 0.6 is 23.1 Å². The summed E-state index contributed by atoms with van der Waals surface area (Å²) in [6.07, 6.45) is 0.314. The van der Waals surface area contributed by atoms with Crippen LogP contribution in [0, 0.1) is 5.82 Å². The standard InChI is InChI=1S/C19H14FN3O2S2/c20-13-7-5-12(6-8-13)15-11-27-18(21-15)23-17(24)9-10-26-19-22-14-3-1-2-4-16(14)25-19/h1-8,11H,9-10H2,(H,21,23,24). The fraction of sp³-hybridized carbons (Fsp3) is 0.105. The molecule has 2 aromatic carbocycles. The van der Waals surface area contributed by atoms with Gasteiger partial charge in [0, 0.05) is 23.1 Å². The molecule has 2 heterocycles. The number of oxazole rings is 1. The van der Waals surface area contributed by atoms with Crippen molar-refractivity contribution in [2.75, 3.05) is 11.1 Å². The number of carbonyl (C=O) groups excluding carboxylic acids is 1. The molecule has 0 fully saturated rings. The van der Waals surface area contributed by atoms with Crippen molar-refractivity contribution in [3.8, 4) is 11.3 Å². The third kappa shape index (κ3) is 4.35. The summed E-state index contributed by atoms with van der Waals surface area (Å²) in [7, 11) is 0. The minimum absolute atomic E-state index is 0.126. The van der Waals surface area contributed by atoms with Crippen LogP contribution in [0.15, 0.2) is 63.6 Å². The van der Waals surface area contributed by atoms with Gasteiger partial charge in [-0.25, -0.2) is 14.4 Å². The Morgan fingerprint density at radius 3 is 2.78 bits per heavy atom. The Balaban J connectivity index is 1.30. The number of para-hydroxylation sites is 2. The molecule has 0 aliphatic carbocycles. The predicted molar refractivity (Wildman–Crippen MR) is 105 cm³/mol.